The molecule has 2 fully saturated rings. The van der Waals surface area contributed by atoms with Crippen LogP contribution in [0.1, 0.15) is 19.3 Å². The van der Waals surface area contributed by atoms with E-state index in [1.807, 2.05) is 0 Å². The largest absolute Gasteiger partial charge is 0.480 e. The number of ether oxygens (including phenoxy) is 1. The zero-order chi connectivity index (χ0) is 11.4. The Morgan fingerprint density at radius 1 is 1.38 bits per heavy atom. The minimum absolute atomic E-state index is 0.115. The molecule has 2 aliphatic heterocycles. The second-order valence-corrected chi connectivity index (χ2v) is 4.47. The van der Waals surface area contributed by atoms with Gasteiger partial charge >= 0.3 is 5.97 Å². The molecule has 0 bridgehead atoms. The third-order valence-corrected chi connectivity index (χ3v) is 3.34. The van der Waals surface area contributed by atoms with Crippen LogP contribution < -0.4 is 5.32 Å². The Labute approximate surface area is 95.8 Å². The fraction of sp³-hybridized carbons (Fsp3) is 0.909. The van der Waals surface area contributed by atoms with Gasteiger partial charge in [0.1, 0.15) is 6.04 Å². The van der Waals surface area contributed by atoms with Gasteiger partial charge in [0.2, 0.25) is 0 Å². The lowest BCUT2D eigenvalue weighted by Gasteiger charge is -2.30. The predicted molar refractivity (Wildman–Crippen MR) is 59.5 cm³/mol. The summed E-state index contributed by atoms with van der Waals surface area (Å²) in [6.07, 6.45) is 2.76. The fourth-order valence-electron chi connectivity index (χ4n) is 2.55. The molecule has 16 heavy (non-hydrogen) atoms. The van der Waals surface area contributed by atoms with Crippen LogP contribution in [0.25, 0.3) is 0 Å². The van der Waals surface area contributed by atoms with Crippen LogP contribution in [0, 0.1) is 0 Å². The van der Waals surface area contributed by atoms with Crippen molar-refractivity contribution >= 4 is 5.97 Å². The third-order valence-electron chi connectivity index (χ3n) is 3.34. The van der Waals surface area contributed by atoms with E-state index in [4.69, 9.17) is 4.74 Å². The van der Waals surface area contributed by atoms with Gasteiger partial charge in [-0.25, -0.2) is 0 Å². The second kappa shape index (κ2) is 5.61. The fourth-order valence-corrected chi connectivity index (χ4v) is 2.55. The standard InChI is InChI=1S/C11H20N2O3/c14-11(15)10(9-3-1-8-16-9)13-6-2-4-12-5-7-13/h9-10,12H,1-8H2,(H,14,15). The van der Waals surface area contributed by atoms with E-state index < -0.39 is 12.0 Å². The smallest absolute Gasteiger partial charge is 0.323 e. The molecule has 2 atom stereocenters. The van der Waals surface area contributed by atoms with E-state index in [-0.39, 0.29) is 6.10 Å². The molecule has 2 saturated heterocycles. The number of aliphatic carboxylic acids is 1. The van der Waals surface area contributed by atoms with Gasteiger partial charge in [-0.3, -0.25) is 9.69 Å². The van der Waals surface area contributed by atoms with E-state index in [9.17, 15) is 9.90 Å². The Morgan fingerprint density at radius 2 is 2.25 bits per heavy atom. The van der Waals surface area contributed by atoms with Crippen LogP contribution in [-0.4, -0.2) is 60.9 Å². The molecule has 2 rings (SSSR count). The van der Waals surface area contributed by atoms with E-state index >= 15 is 0 Å². The quantitative estimate of drug-likeness (QED) is 0.707. The Morgan fingerprint density at radius 3 is 2.94 bits per heavy atom. The summed E-state index contributed by atoms with van der Waals surface area (Å²) in [5, 5.41) is 12.6. The topological polar surface area (TPSA) is 61.8 Å². The van der Waals surface area contributed by atoms with Crippen LogP contribution in [0.2, 0.25) is 0 Å². The first-order valence-electron chi connectivity index (χ1n) is 6.08. The maximum Gasteiger partial charge on any atom is 0.323 e. The summed E-state index contributed by atoms with van der Waals surface area (Å²) in [5.74, 6) is -0.742. The van der Waals surface area contributed by atoms with Crippen molar-refractivity contribution in [2.24, 2.45) is 0 Å². The van der Waals surface area contributed by atoms with Crippen LogP contribution in [0.15, 0.2) is 0 Å². The number of rotatable bonds is 3. The predicted octanol–water partition coefficient (Wildman–Crippen LogP) is -0.0861. The second-order valence-electron chi connectivity index (χ2n) is 4.47. The summed E-state index contributed by atoms with van der Waals surface area (Å²) >= 11 is 0. The van der Waals surface area contributed by atoms with Gasteiger partial charge in [0, 0.05) is 26.2 Å². The Kier molecular flexibility index (Phi) is 4.15. The molecule has 0 aromatic rings. The van der Waals surface area contributed by atoms with Crippen LogP contribution in [0.5, 0.6) is 0 Å². The summed E-state index contributed by atoms with van der Waals surface area (Å²) in [4.78, 5) is 13.4. The highest BCUT2D eigenvalue weighted by Gasteiger charge is 2.36. The molecule has 0 aromatic carbocycles. The average molecular weight is 228 g/mol. The summed E-state index contributed by atoms with van der Waals surface area (Å²) in [7, 11) is 0. The van der Waals surface area contributed by atoms with Crippen molar-refractivity contribution in [3.8, 4) is 0 Å². The zero-order valence-electron chi connectivity index (χ0n) is 9.52. The number of nitrogens with one attached hydrogen (secondary N) is 1. The highest BCUT2D eigenvalue weighted by molar-refractivity contribution is 5.74. The van der Waals surface area contributed by atoms with Gasteiger partial charge in [0.05, 0.1) is 6.10 Å². The number of hydrogen-bond acceptors (Lipinski definition) is 4. The van der Waals surface area contributed by atoms with E-state index in [1.54, 1.807) is 0 Å². The summed E-state index contributed by atoms with van der Waals surface area (Å²) in [5.41, 5.74) is 0. The van der Waals surface area contributed by atoms with Gasteiger partial charge in [-0.2, -0.15) is 0 Å². The Hall–Kier alpha value is -0.650. The highest BCUT2D eigenvalue weighted by Crippen LogP contribution is 2.20. The van der Waals surface area contributed by atoms with E-state index in [1.165, 1.54) is 0 Å². The number of carboxylic acids is 1. The van der Waals surface area contributed by atoms with Crippen LogP contribution in [-0.2, 0) is 9.53 Å². The van der Waals surface area contributed by atoms with Crippen molar-refractivity contribution in [1.29, 1.82) is 0 Å². The van der Waals surface area contributed by atoms with Gasteiger partial charge < -0.3 is 15.2 Å². The van der Waals surface area contributed by atoms with Crippen molar-refractivity contribution in [3.05, 3.63) is 0 Å². The Balaban J connectivity index is 2.01. The molecule has 0 saturated carbocycles. The molecule has 2 N–H and O–H groups in total. The molecule has 0 spiro atoms. The van der Waals surface area contributed by atoms with Gasteiger partial charge in [0.25, 0.3) is 0 Å². The summed E-state index contributed by atoms with van der Waals surface area (Å²) < 4.78 is 5.53. The van der Waals surface area contributed by atoms with Gasteiger partial charge in [-0.05, 0) is 25.8 Å². The first kappa shape index (κ1) is 11.8. The molecule has 2 aliphatic rings. The molecule has 5 nitrogen and oxygen atoms in total. The Bertz CT molecular complexity index is 233. The van der Waals surface area contributed by atoms with Crippen molar-refractivity contribution in [3.63, 3.8) is 0 Å². The van der Waals surface area contributed by atoms with Crippen LogP contribution >= 0.6 is 0 Å². The first-order chi connectivity index (χ1) is 7.79. The molecule has 2 heterocycles. The van der Waals surface area contributed by atoms with Gasteiger partial charge in [0.15, 0.2) is 0 Å². The summed E-state index contributed by atoms with van der Waals surface area (Å²) in [6.45, 7) is 4.21. The van der Waals surface area contributed by atoms with Crippen molar-refractivity contribution in [2.45, 2.75) is 31.4 Å². The van der Waals surface area contributed by atoms with Crippen molar-refractivity contribution in [2.75, 3.05) is 32.8 Å². The SMILES string of the molecule is O=C(O)C(C1CCCO1)N1CCCNCC1. The van der Waals surface area contributed by atoms with Crippen LogP contribution in [0.3, 0.4) is 0 Å². The third kappa shape index (κ3) is 2.72. The summed E-state index contributed by atoms with van der Waals surface area (Å²) in [6, 6.07) is -0.456. The highest BCUT2D eigenvalue weighted by atomic mass is 16.5. The minimum Gasteiger partial charge on any atom is -0.480 e. The molecule has 0 amide bonds. The van der Waals surface area contributed by atoms with E-state index in [2.05, 4.69) is 10.2 Å². The number of carbonyl (C=O) groups is 1. The maximum atomic E-state index is 11.4. The lowest BCUT2D eigenvalue weighted by Crippen LogP contribution is -2.50. The van der Waals surface area contributed by atoms with Crippen molar-refractivity contribution < 1.29 is 14.6 Å². The monoisotopic (exact) mass is 228 g/mol. The van der Waals surface area contributed by atoms with Crippen LogP contribution in [0.4, 0.5) is 0 Å². The van der Waals surface area contributed by atoms with Crippen molar-refractivity contribution in [1.82, 2.24) is 10.2 Å². The lowest BCUT2D eigenvalue weighted by molar-refractivity contribution is -0.148. The minimum atomic E-state index is -0.742. The number of nitrogens with zero attached hydrogens (tertiary/aromatic N) is 1. The number of carboxylic acid groups (broad SMARTS) is 1. The average Bonchev–Trinajstić information content (AvgIpc) is 2.62. The molecule has 0 aliphatic carbocycles. The van der Waals surface area contributed by atoms with Gasteiger partial charge in [-0.1, -0.05) is 0 Å². The lowest BCUT2D eigenvalue weighted by atomic mass is 10.1. The number of hydrogen-bond donors (Lipinski definition) is 2. The van der Waals surface area contributed by atoms with E-state index in [0.717, 1.165) is 45.4 Å². The molecular weight excluding hydrogens is 208 g/mol. The first-order valence-corrected chi connectivity index (χ1v) is 6.08. The molecule has 0 aromatic heterocycles. The molecular formula is C11H20N2O3. The normalized spacial score (nSPS) is 29.9. The molecule has 2 unspecified atom stereocenters. The molecule has 0 radical (unpaired) electrons. The zero-order valence-corrected chi connectivity index (χ0v) is 9.52. The molecule has 92 valence electrons. The molecule has 5 heteroatoms. The maximum absolute atomic E-state index is 11.4. The van der Waals surface area contributed by atoms with E-state index in [0.29, 0.717) is 6.61 Å². The van der Waals surface area contributed by atoms with Gasteiger partial charge in [-0.15, -0.1) is 0 Å².